The number of pyridine rings is 1. The normalized spacial score (nSPS) is 15.2. The number of ether oxygens (including phenoxy) is 1. The first-order valence-electron chi connectivity index (χ1n) is 10.8. The Morgan fingerprint density at radius 3 is 2.45 bits per heavy atom. The number of nitrogens with zero attached hydrogens (tertiary/aromatic N) is 4. The SMILES string of the molecule is CCOC(=O)N1CCN(C(=O)C[C@H](c2ccccc2)c2cnc3c(C)cccn23)CC1. The number of piperazine rings is 1. The summed E-state index contributed by atoms with van der Waals surface area (Å²) in [5, 5.41) is 0. The molecule has 3 aromatic rings. The Balaban J connectivity index is 1.54. The lowest BCUT2D eigenvalue weighted by atomic mass is 9.92. The molecule has 2 aromatic heterocycles. The quantitative estimate of drug-likeness (QED) is 0.634. The average Bonchev–Trinajstić information content (AvgIpc) is 3.23. The van der Waals surface area contributed by atoms with Crippen molar-refractivity contribution in [1.29, 1.82) is 0 Å². The highest BCUT2D eigenvalue weighted by Gasteiger charge is 2.28. The van der Waals surface area contributed by atoms with E-state index in [9.17, 15) is 9.59 Å². The predicted octanol–water partition coefficient (Wildman–Crippen LogP) is 3.47. The molecule has 1 aliphatic rings. The summed E-state index contributed by atoms with van der Waals surface area (Å²) in [6, 6.07) is 14.1. The van der Waals surface area contributed by atoms with Crippen molar-refractivity contribution in [2.75, 3.05) is 32.8 Å². The summed E-state index contributed by atoms with van der Waals surface area (Å²) in [6.07, 6.45) is 3.93. The minimum atomic E-state index is -0.308. The molecule has 0 N–H and O–H groups in total. The molecule has 4 rings (SSSR count). The van der Waals surface area contributed by atoms with Crippen molar-refractivity contribution in [2.24, 2.45) is 0 Å². The Hall–Kier alpha value is -3.35. The van der Waals surface area contributed by atoms with Crippen LogP contribution in [0.2, 0.25) is 0 Å². The topological polar surface area (TPSA) is 67.2 Å². The lowest BCUT2D eigenvalue weighted by Crippen LogP contribution is -2.51. The van der Waals surface area contributed by atoms with Gasteiger partial charge in [-0.25, -0.2) is 9.78 Å². The molecule has 0 saturated carbocycles. The largest absolute Gasteiger partial charge is 0.450 e. The number of hydrogen-bond donors (Lipinski definition) is 0. The van der Waals surface area contributed by atoms with E-state index in [1.54, 1.807) is 11.8 Å². The molecule has 0 spiro atoms. The van der Waals surface area contributed by atoms with Gasteiger partial charge in [0.1, 0.15) is 5.65 Å². The van der Waals surface area contributed by atoms with E-state index >= 15 is 0 Å². The highest BCUT2D eigenvalue weighted by atomic mass is 16.6. The molecule has 1 fully saturated rings. The van der Waals surface area contributed by atoms with Crippen LogP contribution in [0.5, 0.6) is 0 Å². The standard InChI is InChI=1S/C24H28N4O3/c1-3-31-24(30)27-14-12-26(13-15-27)22(29)16-20(19-9-5-4-6-10-19)21-17-25-23-18(2)8-7-11-28(21)23/h4-11,17,20H,3,12-16H2,1-2H3/t20-/m1/s1. The van der Waals surface area contributed by atoms with E-state index in [4.69, 9.17) is 4.74 Å². The highest BCUT2D eigenvalue weighted by Crippen LogP contribution is 2.30. The fourth-order valence-corrected chi connectivity index (χ4v) is 4.16. The van der Waals surface area contributed by atoms with Crippen molar-refractivity contribution in [3.8, 4) is 0 Å². The van der Waals surface area contributed by atoms with Gasteiger partial charge in [0.15, 0.2) is 0 Å². The lowest BCUT2D eigenvalue weighted by Gasteiger charge is -2.34. The van der Waals surface area contributed by atoms with Crippen LogP contribution in [0.25, 0.3) is 5.65 Å². The maximum Gasteiger partial charge on any atom is 0.409 e. The van der Waals surface area contributed by atoms with Gasteiger partial charge < -0.3 is 18.9 Å². The van der Waals surface area contributed by atoms with Crippen LogP contribution in [-0.2, 0) is 9.53 Å². The second-order valence-corrected chi connectivity index (χ2v) is 7.80. The smallest absolute Gasteiger partial charge is 0.409 e. The number of carbonyl (C=O) groups is 2. The number of carbonyl (C=O) groups excluding carboxylic acids is 2. The molecule has 0 bridgehead atoms. The molecule has 0 aliphatic carbocycles. The summed E-state index contributed by atoms with van der Waals surface area (Å²) in [4.78, 5) is 33.3. The summed E-state index contributed by atoms with van der Waals surface area (Å²) in [7, 11) is 0. The number of aromatic nitrogens is 2. The van der Waals surface area contributed by atoms with Gasteiger partial charge in [0.2, 0.25) is 5.91 Å². The first-order valence-corrected chi connectivity index (χ1v) is 10.8. The molecule has 1 aromatic carbocycles. The van der Waals surface area contributed by atoms with Gasteiger partial charge in [-0.1, -0.05) is 36.4 Å². The second kappa shape index (κ2) is 9.20. The average molecular weight is 421 g/mol. The summed E-state index contributed by atoms with van der Waals surface area (Å²) >= 11 is 0. The van der Waals surface area contributed by atoms with E-state index in [1.807, 2.05) is 54.5 Å². The molecule has 1 saturated heterocycles. The number of aryl methyl sites for hydroxylation is 1. The van der Waals surface area contributed by atoms with Crippen LogP contribution >= 0.6 is 0 Å². The van der Waals surface area contributed by atoms with E-state index in [1.165, 1.54) is 0 Å². The van der Waals surface area contributed by atoms with Gasteiger partial charge >= 0.3 is 6.09 Å². The van der Waals surface area contributed by atoms with Gasteiger partial charge in [0.25, 0.3) is 0 Å². The van der Waals surface area contributed by atoms with Gasteiger partial charge in [0, 0.05) is 50.9 Å². The molecule has 0 unspecified atom stereocenters. The van der Waals surface area contributed by atoms with Gasteiger partial charge in [0.05, 0.1) is 12.3 Å². The van der Waals surface area contributed by atoms with Crippen LogP contribution < -0.4 is 0 Å². The Morgan fingerprint density at radius 2 is 1.74 bits per heavy atom. The van der Waals surface area contributed by atoms with Gasteiger partial charge in [-0.3, -0.25) is 4.79 Å². The van der Waals surface area contributed by atoms with E-state index in [2.05, 4.69) is 21.5 Å². The Bertz CT molecular complexity index is 1060. The number of imidazole rings is 1. The third-order valence-electron chi connectivity index (χ3n) is 5.86. The zero-order valence-corrected chi connectivity index (χ0v) is 18.0. The number of hydrogen-bond acceptors (Lipinski definition) is 4. The highest BCUT2D eigenvalue weighted by molar-refractivity contribution is 5.78. The number of amides is 2. The van der Waals surface area contributed by atoms with Crippen molar-refractivity contribution in [3.63, 3.8) is 0 Å². The zero-order valence-electron chi connectivity index (χ0n) is 18.0. The van der Waals surface area contributed by atoms with Crippen LogP contribution in [0.3, 0.4) is 0 Å². The first kappa shape index (κ1) is 20.9. The monoisotopic (exact) mass is 420 g/mol. The summed E-state index contributed by atoms with van der Waals surface area (Å²) in [5.74, 6) is -0.0199. The maximum atomic E-state index is 13.2. The van der Waals surface area contributed by atoms with Crippen LogP contribution in [0.4, 0.5) is 4.79 Å². The van der Waals surface area contributed by atoms with Gasteiger partial charge in [-0.15, -0.1) is 0 Å². The predicted molar refractivity (Wildman–Crippen MR) is 118 cm³/mol. The molecule has 7 nitrogen and oxygen atoms in total. The molecule has 3 heterocycles. The molecule has 162 valence electrons. The minimum Gasteiger partial charge on any atom is -0.450 e. The van der Waals surface area contributed by atoms with Crippen molar-refractivity contribution < 1.29 is 14.3 Å². The van der Waals surface area contributed by atoms with E-state index in [-0.39, 0.29) is 17.9 Å². The molecule has 1 aliphatic heterocycles. The van der Waals surface area contributed by atoms with Crippen molar-refractivity contribution in [3.05, 3.63) is 71.7 Å². The van der Waals surface area contributed by atoms with Gasteiger partial charge in [-0.2, -0.15) is 0 Å². The fourth-order valence-electron chi connectivity index (χ4n) is 4.16. The molecule has 7 heteroatoms. The molecular formula is C24H28N4O3. The summed E-state index contributed by atoms with van der Waals surface area (Å²) in [5.41, 5.74) is 4.10. The van der Waals surface area contributed by atoms with Crippen molar-refractivity contribution in [2.45, 2.75) is 26.2 Å². The van der Waals surface area contributed by atoms with Crippen molar-refractivity contribution in [1.82, 2.24) is 19.2 Å². The van der Waals surface area contributed by atoms with E-state index in [0.717, 1.165) is 22.5 Å². The molecular weight excluding hydrogens is 392 g/mol. The van der Waals surface area contributed by atoms with E-state index in [0.29, 0.717) is 39.2 Å². The molecule has 31 heavy (non-hydrogen) atoms. The zero-order chi connectivity index (χ0) is 21.8. The lowest BCUT2D eigenvalue weighted by molar-refractivity contribution is -0.133. The maximum absolute atomic E-state index is 13.2. The molecule has 1 atom stereocenters. The summed E-state index contributed by atoms with van der Waals surface area (Å²) in [6.45, 7) is 6.22. The first-order chi connectivity index (χ1) is 15.1. The Kier molecular flexibility index (Phi) is 6.21. The fraction of sp³-hybridized carbons (Fsp3) is 0.375. The molecule has 0 radical (unpaired) electrons. The van der Waals surface area contributed by atoms with E-state index < -0.39 is 0 Å². The summed E-state index contributed by atoms with van der Waals surface area (Å²) < 4.78 is 7.16. The Labute approximate surface area is 182 Å². The number of fused-ring (bicyclic) bond motifs is 1. The molecule has 2 amide bonds. The number of benzene rings is 1. The van der Waals surface area contributed by atoms with Crippen LogP contribution in [0.15, 0.2) is 54.9 Å². The number of rotatable bonds is 5. The van der Waals surface area contributed by atoms with Gasteiger partial charge in [-0.05, 0) is 31.0 Å². The second-order valence-electron chi connectivity index (χ2n) is 7.80. The minimum absolute atomic E-state index is 0.0833. The van der Waals surface area contributed by atoms with Crippen LogP contribution in [0, 0.1) is 6.92 Å². The third kappa shape index (κ3) is 4.40. The van der Waals surface area contributed by atoms with Crippen molar-refractivity contribution >= 4 is 17.6 Å². The Morgan fingerprint density at radius 1 is 1.03 bits per heavy atom. The third-order valence-corrected chi connectivity index (χ3v) is 5.86. The van der Waals surface area contributed by atoms with Crippen LogP contribution in [-0.4, -0.2) is 64.0 Å². The van der Waals surface area contributed by atoms with Crippen LogP contribution in [0.1, 0.15) is 36.1 Å².